The van der Waals surface area contributed by atoms with E-state index in [0.29, 0.717) is 6.32 Å². The number of aliphatic carboxylic acids is 1. The molecule has 0 aromatic rings. The average molecular weight is 217 g/mol. The summed E-state index contributed by atoms with van der Waals surface area (Å²) in [6.45, 7) is 2.87. The lowest BCUT2D eigenvalue weighted by atomic mass is 9.84. The highest BCUT2D eigenvalue weighted by Crippen LogP contribution is 2.03. The van der Waals surface area contributed by atoms with Gasteiger partial charge in [-0.25, -0.2) is 0 Å². The van der Waals surface area contributed by atoms with Crippen LogP contribution in [0.25, 0.3) is 0 Å². The predicted molar refractivity (Wildman–Crippen MR) is 58.6 cm³/mol. The molecule has 5 nitrogen and oxygen atoms in total. The molecule has 0 bridgehead atoms. The first-order valence-corrected chi connectivity index (χ1v) is 5.40. The van der Waals surface area contributed by atoms with Gasteiger partial charge in [-0.2, -0.15) is 0 Å². The molecule has 4 N–H and O–H groups in total. The Morgan fingerprint density at radius 2 is 2.20 bits per heavy atom. The fourth-order valence-electron chi connectivity index (χ4n) is 1.28. The molecule has 1 heterocycles. The van der Waals surface area contributed by atoms with Crippen LogP contribution in [0.1, 0.15) is 32.6 Å². The number of carbonyl (C=O) groups is 1. The van der Waals surface area contributed by atoms with E-state index < -0.39 is 13.1 Å². The van der Waals surface area contributed by atoms with Crippen molar-refractivity contribution in [2.45, 2.75) is 45.0 Å². The third-order valence-corrected chi connectivity index (χ3v) is 2.17. The summed E-state index contributed by atoms with van der Waals surface area (Å²) in [6, 6.07) is -0.269. The average Bonchev–Trinajstić information content (AvgIpc) is 2.68. The van der Waals surface area contributed by atoms with Crippen molar-refractivity contribution in [1.29, 1.82) is 0 Å². The summed E-state index contributed by atoms with van der Waals surface area (Å²) in [7, 11) is -1.10. The van der Waals surface area contributed by atoms with Crippen LogP contribution in [0.2, 0.25) is 6.32 Å². The summed E-state index contributed by atoms with van der Waals surface area (Å²) in [5, 5.41) is 27.7. The first-order chi connectivity index (χ1) is 7.07. The van der Waals surface area contributed by atoms with Gasteiger partial charge < -0.3 is 20.5 Å². The van der Waals surface area contributed by atoms with E-state index >= 15 is 0 Å². The molecule has 1 atom stereocenters. The van der Waals surface area contributed by atoms with E-state index in [4.69, 9.17) is 15.2 Å². The van der Waals surface area contributed by atoms with Crippen molar-refractivity contribution in [3.8, 4) is 0 Å². The topological polar surface area (TPSA) is 89.8 Å². The molecule has 88 valence electrons. The number of hydrogen-bond acceptors (Lipinski definition) is 4. The molecule has 0 aromatic heterocycles. The summed E-state index contributed by atoms with van der Waals surface area (Å²) in [5.74, 6) is -0.720. The molecule has 1 saturated heterocycles. The Bertz CT molecular complexity index is 171. The van der Waals surface area contributed by atoms with Gasteiger partial charge in [0.2, 0.25) is 0 Å². The minimum absolute atomic E-state index is 0.269. The van der Waals surface area contributed by atoms with Crippen LogP contribution < -0.4 is 5.32 Å². The fraction of sp³-hybridized carbons (Fsp3) is 0.889. The van der Waals surface area contributed by atoms with Gasteiger partial charge in [0.25, 0.3) is 0 Å². The van der Waals surface area contributed by atoms with Crippen LogP contribution in [0, 0.1) is 0 Å². The Morgan fingerprint density at radius 3 is 2.40 bits per heavy atom. The molecule has 1 rings (SSSR count). The number of hydrogen-bond donors (Lipinski definition) is 4. The van der Waals surface area contributed by atoms with Crippen LogP contribution >= 0.6 is 0 Å². The van der Waals surface area contributed by atoms with Crippen molar-refractivity contribution in [3.63, 3.8) is 0 Å². The molecule has 1 aliphatic rings. The molecule has 0 aromatic carbocycles. The highest BCUT2D eigenvalue weighted by Gasteiger charge is 2.20. The molecule has 1 unspecified atom stereocenters. The first-order valence-electron chi connectivity index (χ1n) is 5.40. The number of nitrogens with one attached hydrogen (secondary N) is 1. The zero-order valence-corrected chi connectivity index (χ0v) is 9.15. The van der Waals surface area contributed by atoms with Crippen LogP contribution in [0.5, 0.6) is 0 Å². The third kappa shape index (κ3) is 8.41. The Morgan fingerprint density at radius 1 is 1.53 bits per heavy atom. The van der Waals surface area contributed by atoms with E-state index in [0.717, 1.165) is 32.2 Å². The largest absolute Gasteiger partial charge is 0.480 e. The maximum atomic E-state index is 10.1. The summed E-state index contributed by atoms with van der Waals surface area (Å²) in [5.41, 5.74) is 0. The van der Waals surface area contributed by atoms with Crippen LogP contribution in [0.3, 0.4) is 0 Å². The molecule has 0 aliphatic carbocycles. The quantitative estimate of drug-likeness (QED) is 0.501. The minimum Gasteiger partial charge on any atom is -0.480 e. The van der Waals surface area contributed by atoms with Gasteiger partial charge in [-0.3, -0.25) is 4.79 Å². The molecule has 1 fully saturated rings. The number of carboxylic acid groups (broad SMARTS) is 1. The molecule has 1 aliphatic heterocycles. The van der Waals surface area contributed by atoms with E-state index in [9.17, 15) is 4.79 Å². The predicted octanol–water partition coefficient (Wildman–Crippen LogP) is 0.0823. The summed E-state index contributed by atoms with van der Waals surface area (Å²) in [4.78, 5) is 10.1. The lowest BCUT2D eigenvalue weighted by molar-refractivity contribution is -0.139. The van der Waals surface area contributed by atoms with Crippen molar-refractivity contribution in [1.82, 2.24) is 5.32 Å². The Labute approximate surface area is 90.6 Å². The normalized spacial score (nSPS) is 19.3. The van der Waals surface area contributed by atoms with Gasteiger partial charge in [-0.15, -0.1) is 0 Å². The number of rotatable bonds is 4. The highest BCUT2D eigenvalue weighted by atomic mass is 16.4. The monoisotopic (exact) mass is 217 g/mol. The second-order valence-corrected chi connectivity index (χ2v) is 3.61. The summed E-state index contributed by atoms with van der Waals surface area (Å²) < 4.78 is 0. The lowest BCUT2D eigenvalue weighted by Gasteiger charge is -1.99. The second-order valence-electron chi connectivity index (χ2n) is 3.61. The smallest absolute Gasteiger partial charge is 0.451 e. The zero-order chi connectivity index (χ0) is 11.7. The molecule has 15 heavy (non-hydrogen) atoms. The van der Waals surface area contributed by atoms with Gasteiger partial charge >= 0.3 is 13.1 Å². The number of unbranched alkanes of at least 4 members (excludes halogenated alkanes) is 1. The van der Waals surface area contributed by atoms with Crippen LogP contribution in [-0.4, -0.2) is 40.8 Å². The van der Waals surface area contributed by atoms with Gasteiger partial charge in [-0.1, -0.05) is 19.8 Å². The van der Waals surface area contributed by atoms with Gasteiger partial charge in [0.05, 0.1) is 0 Å². The molecule has 0 spiro atoms. The van der Waals surface area contributed by atoms with Crippen LogP contribution in [0.15, 0.2) is 0 Å². The van der Waals surface area contributed by atoms with Crippen molar-refractivity contribution >= 4 is 13.1 Å². The fourth-order valence-corrected chi connectivity index (χ4v) is 1.28. The maximum Gasteiger partial charge on any atom is 0.451 e. The van der Waals surface area contributed by atoms with Gasteiger partial charge in [0.15, 0.2) is 0 Å². The van der Waals surface area contributed by atoms with E-state index in [1.165, 1.54) is 0 Å². The van der Waals surface area contributed by atoms with Crippen molar-refractivity contribution in [3.05, 3.63) is 0 Å². The molecule has 0 amide bonds. The molecule has 6 heteroatoms. The third-order valence-electron chi connectivity index (χ3n) is 2.17. The molecule has 0 saturated carbocycles. The van der Waals surface area contributed by atoms with Crippen LogP contribution in [-0.2, 0) is 4.79 Å². The molecular formula is C9H20BNO4. The SMILES string of the molecule is CCCCB(O)O.O=C(O)C1CCCN1. The second kappa shape index (κ2) is 8.70. The van der Waals surface area contributed by atoms with E-state index in [-0.39, 0.29) is 6.04 Å². The van der Waals surface area contributed by atoms with Crippen molar-refractivity contribution < 1.29 is 19.9 Å². The Kier molecular flexibility index (Phi) is 8.36. The van der Waals surface area contributed by atoms with Crippen molar-refractivity contribution in [2.75, 3.05) is 6.54 Å². The summed E-state index contributed by atoms with van der Waals surface area (Å²) >= 11 is 0. The van der Waals surface area contributed by atoms with E-state index in [1.807, 2.05) is 6.92 Å². The first kappa shape index (κ1) is 14.4. The standard InChI is InChI=1S/C5H9NO2.C4H11BO2/c7-5(8)4-2-1-3-6-4;1-2-3-4-5(6)7/h4,6H,1-3H2,(H,7,8);6-7H,2-4H2,1H3. The van der Waals surface area contributed by atoms with E-state index in [2.05, 4.69) is 5.32 Å². The zero-order valence-electron chi connectivity index (χ0n) is 9.15. The van der Waals surface area contributed by atoms with Gasteiger partial charge in [0, 0.05) is 0 Å². The highest BCUT2D eigenvalue weighted by molar-refractivity contribution is 6.40. The van der Waals surface area contributed by atoms with Crippen molar-refractivity contribution in [2.24, 2.45) is 0 Å². The van der Waals surface area contributed by atoms with Gasteiger partial charge in [0.1, 0.15) is 6.04 Å². The number of carboxylic acids is 1. The Hall–Kier alpha value is -0.585. The van der Waals surface area contributed by atoms with Crippen LogP contribution in [0.4, 0.5) is 0 Å². The minimum atomic E-state index is -1.10. The maximum absolute atomic E-state index is 10.1. The van der Waals surface area contributed by atoms with Gasteiger partial charge in [-0.05, 0) is 25.7 Å². The molecular weight excluding hydrogens is 197 g/mol. The summed E-state index contributed by atoms with van der Waals surface area (Å²) in [6.07, 6.45) is 4.22. The lowest BCUT2D eigenvalue weighted by Crippen LogP contribution is -2.29. The molecule has 0 radical (unpaired) electrons. The van der Waals surface area contributed by atoms with E-state index in [1.54, 1.807) is 0 Å². The Balaban J connectivity index is 0.000000265.